The van der Waals surface area contributed by atoms with Crippen molar-refractivity contribution in [1.29, 1.82) is 0 Å². The lowest BCUT2D eigenvalue weighted by Crippen LogP contribution is -2.26. The van der Waals surface area contributed by atoms with Crippen LogP contribution in [0.15, 0.2) is 46.5 Å². The number of aromatic amines is 1. The van der Waals surface area contributed by atoms with Crippen molar-refractivity contribution in [1.82, 2.24) is 25.1 Å². The van der Waals surface area contributed by atoms with E-state index in [-0.39, 0.29) is 0 Å². The van der Waals surface area contributed by atoms with Gasteiger partial charge in [-0.25, -0.2) is 9.97 Å². The number of Topliss-reactive ketones (excluding diaryl/α,β-unsaturated/α-hetero) is 1. The van der Waals surface area contributed by atoms with E-state index < -0.39 is 0 Å². The Labute approximate surface area is 204 Å². The van der Waals surface area contributed by atoms with Gasteiger partial charge in [0.15, 0.2) is 11.0 Å². The first-order valence-electron chi connectivity index (χ1n) is 12.0. The highest BCUT2D eigenvalue weighted by atomic mass is 32.2. The van der Waals surface area contributed by atoms with E-state index in [1.807, 2.05) is 43.3 Å². The van der Waals surface area contributed by atoms with Crippen LogP contribution in [0.3, 0.4) is 0 Å². The maximum atomic E-state index is 12.1. The van der Waals surface area contributed by atoms with Gasteiger partial charge in [-0.3, -0.25) is 9.89 Å². The Morgan fingerprint density at radius 1 is 1.09 bits per heavy atom. The lowest BCUT2D eigenvalue weighted by molar-refractivity contribution is -0.119. The van der Waals surface area contributed by atoms with Gasteiger partial charge in [-0.05, 0) is 75.2 Å². The molecule has 1 aliphatic heterocycles. The Kier molecular flexibility index (Phi) is 7.10. The zero-order chi connectivity index (χ0) is 23.3. The summed E-state index contributed by atoms with van der Waals surface area (Å²) in [6, 6.07) is 12.0. The van der Waals surface area contributed by atoms with Crippen LogP contribution < -0.4 is 10.6 Å². The van der Waals surface area contributed by atoms with E-state index in [9.17, 15) is 4.79 Å². The molecule has 2 fully saturated rings. The molecule has 1 aliphatic carbocycles. The van der Waals surface area contributed by atoms with Gasteiger partial charge in [-0.2, -0.15) is 5.10 Å². The number of benzene rings is 1. The van der Waals surface area contributed by atoms with Gasteiger partial charge in [-0.1, -0.05) is 12.1 Å². The number of carbonyl (C=O) groups excluding carboxylic acids is 1. The third-order valence-corrected chi connectivity index (χ3v) is 7.02. The third-order valence-electron chi connectivity index (χ3n) is 6.14. The average Bonchev–Trinajstić information content (AvgIpc) is 3.41. The van der Waals surface area contributed by atoms with Crippen LogP contribution in [0.25, 0.3) is 0 Å². The Morgan fingerprint density at radius 3 is 2.56 bits per heavy atom. The van der Waals surface area contributed by atoms with Crippen LogP contribution in [0.1, 0.15) is 36.9 Å². The molecular formula is C25H31N7OS. The Bertz CT molecular complexity index is 1120. The lowest BCUT2D eigenvalue weighted by Gasteiger charge is -2.15. The lowest BCUT2D eigenvalue weighted by atomic mass is 10.1. The molecule has 3 aromatic rings. The number of anilines is 3. The van der Waals surface area contributed by atoms with Crippen molar-refractivity contribution in [2.45, 2.75) is 49.1 Å². The summed E-state index contributed by atoms with van der Waals surface area (Å²) in [7, 11) is 0. The fourth-order valence-electron chi connectivity index (χ4n) is 4.12. The van der Waals surface area contributed by atoms with Crippen molar-refractivity contribution < 1.29 is 4.79 Å². The number of aryl methyl sites for hydroxylation is 1. The van der Waals surface area contributed by atoms with Crippen LogP contribution in [0.4, 0.5) is 17.5 Å². The summed E-state index contributed by atoms with van der Waals surface area (Å²) < 4.78 is 0. The van der Waals surface area contributed by atoms with Gasteiger partial charge in [0, 0.05) is 48.2 Å². The van der Waals surface area contributed by atoms with Crippen molar-refractivity contribution in [3.05, 3.63) is 47.7 Å². The summed E-state index contributed by atoms with van der Waals surface area (Å²) in [6.07, 6.45) is 5.22. The van der Waals surface area contributed by atoms with E-state index in [4.69, 9.17) is 9.97 Å². The van der Waals surface area contributed by atoms with E-state index in [0.717, 1.165) is 53.7 Å². The molecule has 2 aromatic heterocycles. The number of nitrogens with one attached hydrogen (secondary N) is 3. The van der Waals surface area contributed by atoms with E-state index in [2.05, 4.69) is 25.7 Å². The minimum Gasteiger partial charge on any atom is -0.369 e. The van der Waals surface area contributed by atoms with Gasteiger partial charge >= 0.3 is 0 Å². The Balaban J connectivity index is 1.27. The van der Waals surface area contributed by atoms with Crippen LogP contribution in [-0.4, -0.2) is 57.0 Å². The molecule has 0 radical (unpaired) electrons. The second-order valence-corrected chi connectivity index (χ2v) is 10.2. The number of ketones is 1. The number of hydrogen-bond donors (Lipinski definition) is 3. The largest absolute Gasteiger partial charge is 0.369 e. The normalized spacial score (nSPS) is 16.0. The Morgan fingerprint density at radius 2 is 1.85 bits per heavy atom. The first-order valence-corrected chi connectivity index (χ1v) is 12.9. The molecule has 3 N–H and O–H groups in total. The topological polar surface area (TPSA) is 98.8 Å². The molecule has 0 spiro atoms. The molecule has 8 nitrogen and oxygen atoms in total. The average molecular weight is 478 g/mol. The monoisotopic (exact) mass is 477 g/mol. The molecule has 0 atom stereocenters. The predicted molar refractivity (Wildman–Crippen MR) is 135 cm³/mol. The van der Waals surface area contributed by atoms with Crippen LogP contribution in [0.5, 0.6) is 0 Å². The summed E-state index contributed by atoms with van der Waals surface area (Å²) in [5.74, 6) is 2.87. The highest BCUT2D eigenvalue weighted by Gasteiger charge is 2.29. The molecule has 1 saturated heterocycles. The second kappa shape index (κ2) is 10.6. The highest BCUT2D eigenvalue weighted by molar-refractivity contribution is 7.99. The first-order chi connectivity index (χ1) is 16.6. The Hall–Kier alpha value is -2.91. The molecule has 1 aromatic carbocycles. The number of likely N-dealkylation sites (tertiary alicyclic amines) is 1. The minimum atomic E-state index is 0.299. The quantitative estimate of drug-likeness (QED) is 0.349. The van der Waals surface area contributed by atoms with Gasteiger partial charge in [0.05, 0.1) is 0 Å². The highest BCUT2D eigenvalue weighted by Crippen LogP contribution is 2.32. The van der Waals surface area contributed by atoms with Gasteiger partial charge in [-0.15, -0.1) is 0 Å². The molecule has 3 heterocycles. The summed E-state index contributed by atoms with van der Waals surface area (Å²) in [5, 5.41) is 14.6. The smallest absolute Gasteiger partial charge is 0.196 e. The first kappa shape index (κ1) is 22.9. The molecule has 0 bridgehead atoms. The predicted octanol–water partition coefficient (Wildman–Crippen LogP) is 4.43. The van der Waals surface area contributed by atoms with Crippen LogP contribution in [-0.2, 0) is 11.2 Å². The minimum absolute atomic E-state index is 0.299. The number of hydrogen-bond acceptors (Lipinski definition) is 8. The maximum absolute atomic E-state index is 12.1. The van der Waals surface area contributed by atoms with E-state index in [1.54, 1.807) is 0 Å². The summed E-state index contributed by atoms with van der Waals surface area (Å²) in [4.78, 5) is 25.1. The van der Waals surface area contributed by atoms with Crippen molar-refractivity contribution in [3.63, 3.8) is 0 Å². The molecule has 34 heavy (non-hydrogen) atoms. The van der Waals surface area contributed by atoms with Crippen molar-refractivity contribution in [3.8, 4) is 0 Å². The van der Waals surface area contributed by atoms with Gasteiger partial charge in [0.25, 0.3) is 0 Å². The van der Waals surface area contributed by atoms with E-state index >= 15 is 0 Å². The number of nitrogens with zero attached hydrogens (tertiary/aromatic N) is 4. The van der Waals surface area contributed by atoms with Crippen molar-refractivity contribution in [2.75, 3.05) is 36.8 Å². The van der Waals surface area contributed by atoms with Crippen LogP contribution in [0.2, 0.25) is 0 Å². The maximum Gasteiger partial charge on any atom is 0.196 e. The number of rotatable bonds is 11. The summed E-state index contributed by atoms with van der Waals surface area (Å²) in [6.45, 7) is 6.17. The van der Waals surface area contributed by atoms with Gasteiger partial charge < -0.3 is 15.5 Å². The zero-order valence-corrected chi connectivity index (χ0v) is 20.3. The SMILES string of the molecule is Cc1cc(Nc2cc(NCCN3CCCC3)nc(Sc3ccc(CC(=O)C4CC4)cc3)n2)n[nH]1. The number of aromatic nitrogens is 4. The van der Waals surface area contributed by atoms with Crippen molar-refractivity contribution in [2.24, 2.45) is 5.92 Å². The van der Waals surface area contributed by atoms with E-state index in [0.29, 0.717) is 29.1 Å². The molecule has 178 valence electrons. The fraction of sp³-hybridized carbons (Fsp3) is 0.440. The zero-order valence-electron chi connectivity index (χ0n) is 19.5. The fourth-order valence-corrected chi connectivity index (χ4v) is 4.89. The van der Waals surface area contributed by atoms with E-state index in [1.165, 1.54) is 37.7 Å². The third kappa shape index (κ3) is 6.36. The molecule has 2 aliphatic rings. The number of carbonyl (C=O) groups is 1. The van der Waals surface area contributed by atoms with Crippen LogP contribution in [0, 0.1) is 12.8 Å². The molecule has 0 amide bonds. The summed E-state index contributed by atoms with van der Waals surface area (Å²) in [5.41, 5.74) is 2.05. The van der Waals surface area contributed by atoms with Gasteiger partial charge in [0.2, 0.25) is 0 Å². The molecule has 1 saturated carbocycles. The molecule has 5 rings (SSSR count). The van der Waals surface area contributed by atoms with Crippen molar-refractivity contribution >= 4 is 35.0 Å². The van der Waals surface area contributed by atoms with Gasteiger partial charge in [0.1, 0.15) is 17.4 Å². The molecule has 0 unspecified atom stereocenters. The second-order valence-electron chi connectivity index (χ2n) is 9.12. The standard InChI is InChI=1S/C25H31N7OS/c1-17-14-24(31-30-17)27-23-16-22(26-10-13-32-11-2-3-12-32)28-25(29-23)34-20-8-4-18(5-9-20)15-21(33)19-6-7-19/h4-5,8-9,14,16,19H,2-3,6-7,10-13,15H2,1H3,(H3,26,27,28,29,30,31). The number of H-pyrrole nitrogens is 1. The molecular weight excluding hydrogens is 446 g/mol. The molecule has 9 heteroatoms. The van der Waals surface area contributed by atoms with Crippen LogP contribution >= 0.6 is 11.8 Å². The summed E-state index contributed by atoms with van der Waals surface area (Å²) >= 11 is 1.51.